The predicted molar refractivity (Wildman–Crippen MR) is 75.0 cm³/mol. The molecule has 96 valence electrons. The number of benzene rings is 2. The highest BCUT2D eigenvalue weighted by Gasteiger charge is 2.30. The number of rotatable bonds is 1. The monoisotopic (exact) mass is 292 g/mol. The molecule has 0 N–H and O–H groups in total. The first-order valence-electron chi connectivity index (χ1n) is 5.89. The molecule has 4 heteroatoms. The zero-order chi connectivity index (χ0) is 13.4. The second-order valence-corrected chi connectivity index (χ2v) is 5.28. The van der Waals surface area contributed by atoms with E-state index in [4.69, 9.17) is 27.9 Å². The van der Waals surface area contributed by atoms with Crippen LogP contribution >= 0.6 is 23.2 Å². The highest BCUT2D eigenvalue weighted by molar-refractivity contribution is 6.35. The first kappa shape index (κ1) is 12.5. The Morgan fingerprint density at radius 1 is 1.11 bits per heavy atom. The van der Waals surface area contributed by atoms with Gasteiger partial charge in [-0.25, -0.2) is 0 Å². The smallest absolute Gasteiger partial charge is 0.312 e. The third-order valence-corrected chi connectivity index (χ3v) is 3.73. The first-order valence-corrected chi connectivity index (χ1v) is 6.65. The SMILES string of the molecule is O=C1CC(c2ccccc2)c2c(Cl)cc(Cl)cc2O1. The average molecular weight is 293 g/mol. The number of carbonyl (C=O) groups excluding carboxylic acids is 1. The van der Waals surface area contributed by atoms with E-state index in [1.54, 1.807) is 12.1 Å². The number of fused-ring (bicyclic) bond motifs is 1. The summed E-state index contributed by atoms with van der Waals surface area (Å²) in [6, 6.07) is 13.1. The van der Waals surface area contributed by atoms with Crippen LogP contribution in [0.1, 0.15) is 23.5 Å². The largest absolute Gasteiger partial charge is 0.426 e. The van der Waals surface area contributed by atoms with Crippen LogP contribution in [0.15, 0.2) is 42.5 Å². The molecule has 0 radical (unpaired) electrons. The molecule has 0 amide bonds. The second kappa shape index (κ2) is 4.87. The molecular formula is C15H10Cl2O2. The van der Waals surface area contributed by atoms with E-state index in [1.165, 1.54) is 0 Å². The maximum Gasteiger partial charge on any atom is 0.312 e. The molecule has 19 heavy (non-hydrogen) atoms. The zero-order valence-electron chi connectivity index (χ0n) is 9.90. The number of hydrogen-bond donors (Lipinski definition) is 0. The van der Waals surface area contributed by atoms with Crippen LogP contribution in [0.3, 0.4) is 0 Å². The molecule has 0 aromatic heterocycles. The minimum atomic E-state index is -0.264. The number of halogens is 2. The van der Waals surface area contributed by atoms with Gasteiger partial charge in [0.25, 0.3) is 0 Å². The average Bonchev–Trinajstić information content (AvgIpc) is 2.38. The second-order valence-electron chi connectivity index (χ2n) is 4.44. The molecule has 1 aliphatic rings. The van der Waals surface area contributed by atoms with Crippen molar-refractivity contribution in [3.05, 3.63) is 63.6 Å². The summed E-state index contributed by atoms with van der Waals surface area (Å²) >= 11 is 12.2. The molecule has 1 aliphatic heterocycles. The van der Waals surface area contributed by atoms with E-state index in [0.29, 0.717) is 22.2 Å². The van der Waals surface area contributed by atoms with Crippen molar-refractivity contribution in [2.24, 2.45) is 0 Å². The Bertz CT molecular complexity index is 638. The van der Waals surface area contributed by atoms with Gasteiger partial charge in [-0.15, -0.1) is 0 Å². The fourth-order valence-corrected chi connectivity index (χ4v) is 2.99. The molecule has 1 unspecified atom stereocenters. The molecule has 2 aromatic rings. The van der Waals surface area contributed by atoms with E-state index in [0.717, 1.165) is 11.1 Å². The normalized spacial score (nSPS) is 17.8. The quantitative estimate of drug-likeness (QED) is 0.574. The number of esters is 1. The molecule has 2 nitrogen and oxygen atoms in total. The lowest BCUT2D eigenvalue weighted by Gasteiger charge is -2.26. The Morgan fingerprint density at radius 2 is 1.84 bits per heavy atom. The maximum atomic E-state index is 11.7. The maximum absolute atomic E-state index is 11.7. The molecule has 0 aliphatic carbocycles. The van der Waals surface area contributed by atoms with Gasteiger partial charge in [0.1, 0.15) is 5.75 Å². The summed E-state index contributed by atoms with van der Waals surface area (Å²) in [5.74, 6) is 0.115. The van der Waals surface area contributed by atoms with E-state index in [9.17, 15) is 4.79 Å². The van der Waals surface area contributed by atoms with Crippen molar-refractivity contribution in [1.82, 2.24) is 0 Å². The van der Waals surface area contributed by atoms with Gasteiger partial charge in [-0.05, 0) is 17.7 Å². The molecule has 0 spiro atoms. The van der Waals surface area contributed by atoms with Gasteiger partial charge in [-0.1, -0.05) is 53.5 Å². The minimum Gasteiger partial charge on any atom is -0.426 e. The van der Waals surface area contributed by atoms with Crippen molar-refractivity contribution < 1.29 is 9.53 Å². The van der Waals surface area contributed by atoms with Crippen molar-refractivity contribution >= 4 is 29.2 Å². The van der Waals surface area contributed by atoms with E-state index in [1.807, 2.05) is 30.3 Å². The fraction of sp³-hybridized carbons (Fsp3) is 0.133. The first-order chi connectivity index (χ1) is 9.15. The van der Waals surface area contributed by atoms with Crippen molar-refractivity contribution in [3.63, 3.8) is 0 Å². The third kappa shape index (κ3) is 2.34. The van der Waals surface area contributed by atoms with Crippen LogP contribution in [0.5, 0.6) is 5.75 Å². The van der Waals surface area contributed by atoms with Gasteiger partial charge in [-0.2, -0.15) is 0 Å². The zero-order valence-corrected chi connectivity index (χ0v) is 11.4. The Hall–Kier alpha value is -1.51. The Labute approximate surface area is 120 Å². The van der Waals surface area contributed by atoms with Crippen molar-refractivity contribution in [2.45, 2.75) is 12.3 Å². The van der Waals surface area contributed by atoms with Gasteiger partial charge >= 0.3 is 5.97 Å². The van der Waals surface area contributed by atoms with Crippen LogP contribution in [-0.2, 0) is 4.79 Å². The summed E-state index contributed by atoms with van der Waals surface area (Å²) in [6.07, 6.45) is 0.290. The molecule has 0 saturated carbocycles. The number of carbonyl (C=O) groups is 1. The van der Waals surface area contributed by atoms with Crippen LogP contribution in [-0.4, -0.2) is 5.97 Å². The summed E-state index contributed by atoms with van der Waals surface area (Å²) in [4.78, 5) is 11.7. The lowest BCUT2D eigenvalue weighted by atomic mass is 9.86. The van der Waals surface area contributed by atoms with E-state index in [2.05, 4.69) is 0 Å². The molecule has 3 rings (SSSR count). The number of hydrogen-bond acceptors (Lipinski definition) is 2. The molecule has 0 fully saturated rings. The van der Waals surface area contributed by atoms with E-state index < -0.39 is 0 Å². The summed E-state index contributed by atoms with van der Waals surface area (Å²) < 4.78 is 5.24. The van der Waals surface area contributed by atoms with E-state index >= 15 is 0 Å². The van der Waals surface area contributed by atoms with Gasteiger partial charge in [0.15, 0.2) is 0 Å². The van der Waals surface area contributed by atoms with Crippen LogP contribution < -0.4 is 4.74 Å². The van der Waals surface area contributed by atoms with Gasteiger partial charge in [0.2, 0.25) is 0 Å². The highest BCUT2D eigenvalue weighted by atomic mass is 35.5. The summed E-state index contributed by atoms with van der Waals surface area (Å²) in [7, 11) is 0. The molecule has 0 bridgehead atoms. The van der Waals surface area contributed by atoms with Crippen molar-refractivity contribution in [2.75, 3.05) is 0 Å². The van der Waals surface area contributed by atoms with Gasteiger partial charge in [-0.3, -0.25) is 4.79 Å². The van der Waals surface area contributed by atoms with Crippen LogP contribution in [0.4, 0.5) is 0 Å². The molecule has 2 aromatic carbocycles. The molecule has 0 saturated heterocycles. The molecular weight excluding hydrogens is 283 g/mol. The minimum absolute atomic E-state index is 0.0813. The predicted octanol–water partition coefficient (Wildman–Crippen LogP) is 4.43. The Balaban J connectivity index is 2.17. The standard InChI is InChI=1S/C15H10Cl2O2/c16-10-6-12(17)15-11(9-4-2-1-3-5-9)8-14(18)19-13(15)7-10/h1-7,11H,8H2. The topological polar surface area (TPSA) is 26.3 Å². The number of ether oxygens (including phenoxy) is 1. The fourth-order valence-electron chi connectivity index (χ4n) is 2.39. The lowest BCUT2D eigenvalue weighted by Crippen LogP contribution is -2.21. The van der Waals surface area contributed by atoms with Crippen LogP contribution in [0, 0.1) is 0 Å². The van der Waals surface area contributed by atoms with Crippen LogP contribution in [0.2, 0.25) is 10.0 Å². The Morgan fingerprint density at radius 3 is 2.58 bits per heavy atom. The lowest BCUT2D eigenvalue weighted by molar-refractivity contribution is -0.135. The Kier molecular flexibility index (Phi) is 3.21. The van der Waals surface area contributed by atoms with Crippen molar-refractivity contribution in [1.29, 1.82) is 0 Å². The van der Waals surface area contributed by atoms with E-state index in [-0.39, 0.29) is 11.9 Å². The molecule has 1 heterocycles. The summed E-state index contributed by atoms with van der Waals surface area (Å²) in [5.41, 5.74) is 1.88. The third-order valence-electron chi connectivity index (χ3n) is 3.20. The highest BCUT2D eigenvalue weighted by Crippen LogP contribution is 2.44. The van der Waals surface area contributed by atoms with Gasteiger partial charge in [0.05, 0.1) is 6.42 Å². The summed E-state index contributed by atoms with van der Waals surface area (Å²) in [6.45, 7) is 0. The van der Waals surface area contributed by atoms with Gasteiger partial charge < -0.3 is 4.74 Å². The van der Waals surface area contributed by atoms with Crippen molar-refractivity contribution in [3.8, 4) is 5.75 Å². The van der Waals surface area contributed by atoms with Gasteiger partial charge in [0, 0.05) is 21.5 Å². The molecule has 1 atom stereocenters. The summed E-state index contributed by atoms with van der Waals surface area (Å²) in [5, 5.41) is 0.995. The van der Waals surface area contributed by atoms with Crippen LogP contribution in [0.25, 0.3) is 0 Å².